The highest BCUT2D eigenvalue weighted by Gasteiger charge is 2.47. The van der Waals surface area contributed by atoms with E-state index in [-0.39, 0.29) is 0 Å². The standard InChI is InChI=1S/C12H26OSi/c1-9(2)10-8-11(10)13-14(6,7)12(3,4)5/h9-11H,8H2,1-7H3. The fourth-order valence-electron chi connectivity index (χ4n) is 1.58. The first-order valence-corrected chi connectivity index (χ1v) is 8.74. The molecule has 2 unspecified atom stereocenters. The van der Waals surface area contributed by atoms with Crippen molar-refractivity contribution in [2.75, 3.05) is 0 Å². The van der Waals surface area contributed by atoms with Crippen LogP contribution in [0.1, 0.15) is 41.0 Å². The first kappa shape index (κ1) is 12.2. The minimum atomic E-state index is -1.49. The van der Waals surface area contributed by atoms with E-state index in [2.05, 4.69) is 47.7 Å². The van der Waals surface area contributed by atoms with Gasteiger partial charge in [-0.1, -0.05) is 34.6 Å². The summed E-state index contributed by atoms with van der Waals surface area (Å²) in [6, 6.07) is 0. The Bertz CT molecular complexity index is 203. The van der Waals surface area contributed by atoms with Gasteiger partial charge in [-0.15, -0.1) is 0 Å². The maximum atomic E-state index is 6.33. The number of hydrogen-bond donors (Lipinski definition) is 0. The molecule has 84 valence electrons. The summed E-state index contributed by atoms with van der Waals surface area (Å²) in [5.74, 6) is 1.63. The molecule has 0 aromatic heterocycles. The minimum absolute atomic E-state index is 0.358. The Labute approximate surface area is 90.4 Å². The lowest BCUT2D eigenvalue weighted by Crippen LogP contribution is -2.41. The quantitative estimate of drug-likeness (QED) is 0.644. The average molecular weight is 214 g/mol. The predicted molar refractivity (Wildman–Crippen MR) is 65.0 cm³/mol. The van der Waals surface area contributed by atoms with Crippen LogP contribution < -0.4 is 0 Å². The third-order valence-electron chi connectivity index (χ3n) is 3.89. The second-order valence-electron chi connectivity index (χ2n) is 6.56. The summed E-state index contributed by atoms with van der Waals surface area (Å²) in [6.07, 6.45) is 1.88. The van der Waals surface area contributed by atoms with Crippen LogP contribution in [0.25, 0.3) is 0 Å². The molecule has 0 heterocycles. The summed E-state index contributed by atoms with van der Waals surface area (Å²) in [7, 11) is -1.49. The van der Waals surface area contributed by atoms with Crippen LogP contribution in [0.2, 0.25) is 18.1 Å². The second-order valence-corrected chi connectivity index (χ2v) is 11.3. The fourth-order valence-corrected chi connectivity index (χ4v) is 2.96. The molecule has 1 saturated carbocycles. The molecular formula is C12H26OSi. The van der Waals surface area contributed by atoms with Gasteiger partial charge in [0, 0.05) is 6.10 Å². The molecule has 14 heavy (non-hydrogen) atoms. The molecule has 1 fully saturated rings. The molecule has 0 aromatic rings. The van der Waals surface area contributed by atoms with Gasteiger partial charge in [0.1, 0.15) is 0 Å². The molecule has 2 heteroatoms. The van der Waals surface area contributed by atoms with Crippen molar-refractivity contribution >= 4 is 8.32 Å². The van der Waals surface area contributed by atoms with Crippen LogP contribution in [0, 0.1) is 11.8 Å². The van der Waals surface area contributed by atoms with E-state index in [9.17, 15) is 0 Å². The van der Waals surface area contributed by atoms with Crippen molar-refractivity contribution in [1.82, 2.24) is 0 Å². The van der Waals surface area contributed by atoms with Crippen molar-refractivity contribution in [2.45, 2.75) is 65.3 Å². The molecule has 1 rings (SSSR count). The van der Waals surface area contributed by atoms with Gasteiger partial charge < -0.3 is 4.43 Å². The molecule has 0 saturated heterocycles. The zero-order chi connectivity index (χ0) is 11.1. The molecule has 1 aliphatic carbocycles. The van der Waals surface area contributed by atoms with Crippen LogP contribution in [0.15, 0.2) is 0 Å². The normalized spacial score (nSPS) is 28.3. The van der Waals surface area contributed by atoms with Gasteiger partial charge in [-0.25, -0.2) is 0 Å². The van der Waals surface area contributed by atoms with Gasteiger partial charge in [0.2, 0.25) is 0 Å². The highest BCUT2D eigenvalue weighted by atomic mass is 28.4. The van der Waals surface area contributed by atoms with Gasteiger partial charge in [0.05, 0.1) is 0 Å². The van der Waals surface area contributed by atoms with E-state index < -0.39 is 8.32 Å². The number of rotatable bonds is 3. The smallest absolute Gasteiger partial charge is 0.192 e. The van der Waals surface area contributed by atoms with E-state index in [4.69, 9.17) is 4.43 Å². The monoisotopic (exact) mass is 214 g/mol. The summed E-state index contributed by atoms with van der Waals surface area (Å²) in [5.41, 5.74) is 0. The molecule has 1 nitrogen and oxygen atoms in total. The van der Waals surface area contributed by atoms with Gasteiger partial charge in [0.15, 0.2) is 8.32 Å². The molecule has 0 aliphatic heterocycles. The van der Waals surface area contributed by atoms with Crippen molar-refractivity contribution in [3.63, 3.8) is 0 Å². The molecule has 0 radical (unpaired) electrons. The van der Waals surface area contributed by atoms with Crippen LogP contribution in [-0.2, 0) is 4.43 Å². The summed E-state index contributed by atoms with van der Waals surface area (Å²) < 4.78 is 6.33. The lowest BCUT2D eigenvalue weighted by Gasteiger charge is -2.36. The Morgan fingerprint density at radius 3 is 2.00 bits per heavy atom. The Kier molecular flexibility index (Phi) is 3.18. The van der Waals surface area contributed by atoms with Crippen molar-refractivity contribution in [2.24, 2.45) is 11.8 Å². The van der Waals surface area contributed by atoms with Crippen molar-refractivity contribution in [1.29, 1.82) is 0 Å². The molecule has 0 aromatic carbocycles. The fraction of sp³-hybridized carbons (Fsp3) is 1.00. The maximum Gasteiger partial charge on any atom is 0.192 e. The first-order valence-electron chi connectivity index (χ1n) is 5.83. The Morgan fingerprint density at radius 1 is 1.21 bits per heavy atom. The predicted octanol–water partition coefficient (Wildman–Crippen LogP) is 4.05. The molecule has 0 N–H and O–H groups in total. The zero-order valence-electron chi connectivity index (χ0n) is 10.8. The highest BCUT2D eigenvalue weighted by Crippen LogP contribution is 2.46. The number of hydrogen-bond acceptors (Lipinski definition) is 1. The van der Waals surface area contributed by atoms with Gasteiger partial charge in [-0.2, -0.15) is 0 Å². The van der Waals surface area contributed by atoms with Crippen LogP contribution in [-0.4, -0.2) is 14.4 Å². The van der Waals surface area contributed by atoms with E-state index in [0.29, 0.717) is 11.1 Å². The van der Waals surface area contributed by atoms with E-state index in [1.807, 2.05) is 0 Å². The van der Waals surface area contributed by atoms with Gasteiger partial charge in [-0.3, -0.25) is 0 Å². The largest absolute Gasteiger partial charge is 0.414 e. The molecule has 0 bridgehead atoms. The molecule has 0 amide bonds. The Balaban J connectivity index is 2.47. The van der Waals surface area contributed by atoms with Crippen LogP contribution >= 0.6 is 0 Å². The molecule has 0 spiro atoms. The van der Waals surface area contributed by atoms with E-state index in [0.717, 1.165) is 11.8 Å². The Hall–Kier alpha value is 0.177. The van der Waals surface area contributed by atoms with Crippen LogP contribution in [0.5, 0.6) is 0 Å². The maximum absolute atomic E-state index is 6.33. The third kappa shape index (κ3) is 2.60. The van der Waals surface area contributed by atoms with Gasteiger partial charge in [-0.05, 0) is 36.4 Å². The lowest BCUT2D eigenvalue weighted by molar-refractivity contribution is 0.244. The summed E-state index contributed by atoms with van der Waals surface area (Å²) in [4.78, 5) is 0. The second kappa shape index (κ2) is 3.64. The van der Waals surface area contributed by atoms with E-state index >= 15 is 0 Å². The van der Waals surface area contributed by atoms with Gasteiger partial charge >= 0.3 is 0 Å². The highest BCUT2D eigenvalue weighted by molar-refractivity contribution is 6.74. The topological polar surface area (TPSA) is 9.23 Å². The van der Waals surface area contributed by atoms with E-state index in [1.165, 1.54) is 6.42 Å². The first-order chi connectivity index (χ1) is 6.15. The lowest BCUT2D eigenvalue weighted by atomic mass is 10.1. The molecule has 1 aliphatic rings. The van der Waals surface area contributed by atoms with Crippen molar-refractivity contribution < 1.29 is 4.43 Å². The van der Waals surface area contributed by atoms with Gasteiger partial charge in [0.25, 0.3) is 0 Å². The van der Waals surface area contributed by atoms with Crippen molar-refractivity contribution in [3.8, 4) is 0 Å². The third-order valence-corrected chi connectivity index (χ3v) is 8.39. The van der Waals surface area contributed by atoms with Crippen molar-refractivity contribution in [3.05, 3.63) is 0 Å². The molecular weight excluding hydrogens is 188 g/mol. The zero-order valence-corrected chi connectivity index (χ0v) is 11.8. The van der Waals surface area contributed by atoms with Crippen LogP contribution in [0.3, 0.4) is 0 Å². The average Bonchev–Trinajstić information content (AvgIpc) is 2.63. The van der Waals surface area contributed by atoms with Crippen LogP contribution in [0.4, 0.5) is 0 Å². The summed E-state index contributed by atoms with van der Waals surface area (Å²) in [6.45, 7) is 16.2. The Morgan fingerprint density at radius 2 is 1.71 bits per heavy atom. The minimum Gasteiger partial charge on any atom is -0.414 e. The SMILES string of the molecule is CC(C)C1CC1O[Si](C)(C)C(C)(C)C. The summed E-state index contributed by atoms with van der Waals surface area (Å²) >= 11 is 0. The molecule has 2 atom stereocenters. The summed E-state index contributed by atoms with van der Waals surface area (Å²) in [5, 5.41) is 0.358. The van der Waals surface area contributed by atoms with E-state index in [1.54, 1.807) is 0 Å².